The number of para-hydroxylation sites is 1. The van der Waals surface area contributed by atoms with Crippen molar-refractivity contribution in [1.29, 1.82) is 0 Å². The van der Waals surface area contributed by atoms with Crippen LogP contribution in [0.1, 0.15) is 19.4 Å². The van der Waals surface area contributed by atoms with Crippen molar-refractivity contribution in [2.45, 2.75) is 31.6 Å². The summed E-state index contributed by atoms with van der Waals surface area (Å²) < 4.78 is 17.9. The van der Waals surface area contributed by atoms with E-state index in [0.717, 1.165) is 11.3 Å². The second-order valence-electron chi connectivity index (χ2n) is 5.10. The number of carboxylic acids is 1. The quantitative estimate of drug-likeness (QED) is 0.895. The van der Waals surface area contributed by atoms with Gasteiger partial charge < -0.3 is 9.84 Å². The van der Waals surface area contributed by atoms with Crippen molar-refractivity contribution in [2.75, 3.05) is 5.75 Å². The first-order valence-electron chi connectivity index (χ1n) is 6.33. The fourth-order valence-corrected chi connectivity index (χ4v) is 3.93. The maximum Gasteiger partial charge on any atom is 0.319 e. The summed E-state index contributed by atoms with van der Waals surface area (Å²) in [5.41, 5.74) is 1.10. The van der Waals surface area contributed by atoms with Gasteiger partial charge in [-0.05, 0) is 17.5 Å². The van der Waals surface area contributed by atoms with Gasteiger partial charge in [0.25, 0.3) is 0 Å². The number of aliphatic carboxylic acids is 1. The van der Waals surface area contributed by atoms with Crippen LogP contribution < -0.4 is 4.74 Å². The first-order chi connectivity index (χ1) is 8.99. The van der Waals surface area contributed by atoms with Crippen LogP contribution in [0.15, 0.2) is 24.3 Å². The molecule has 0 spiro atoms. The zero-order chi connectivity index (χ0) is 14.0. The van der Waals surface area contributed by atoms with E-state index in [1.165, 1.54) is 0 Å². The number of ether oxygens (including phenoxy) is 1. The van der Waals surface area contributed by atoms with Crippen LogP contribution in [0.5, 0.6) is 5.75 Å². The summed E-state index contributed by atoms with van der Waals surface area (Å²) in [4.78, 5) is 11.1. The summed E-state index contributed by atoms with van der Waals surface area (Å²) in [5, 5.41) is 8.30. The van der Waals surface area contributed by atoms with E-state index in [4.69, 9.17) is 9.84 Å². The van der Waals surface area contributed by atoms with Crippen LogP contribution in [0.2, 0.25) is 0 Å². The predicted molar refractivity (Wildman–Crippen MR) is 73.8 cm³/mol. The largest absolute Gasteiger partial charge is 0.489 e. The summed E-state index contributed by atoms with van der Waals surface area (Å²) >= 11 is 0. The highest BCUT2D eigenvalue weighted by Crippen LogP contribution is 2.29. The second-order valence-corrected chi connectivity index (χ2v) is 6.70. The van der Waals surface area contributed by atoms with Gasteiger partial charge in [-0.1, -0.05) is 32.0 Å². The van der Waals surface area contributed by atoms with E-state index in [9.17, 15) is 9.00 Å². The van der Waals surface area contributed by atoms with Crippen molar-refractivity contribution in [3.8, 4) is 5.75 Å². The summed E-state index contributed by atoms with van der Waals surface area (Å²) in [6.45, 7) is 3.56. The Morgan fingerprint density at radius 2 is 2.16 bits per heavy atom. The Morgan fingerprint density at radius 3 is 2.74 bits per heavy atom. The number of hydrogen-bond acceptors (Lipinski definition) is 3. The SMILES string of the molecule is CC(C)C(C(=O)O)S(=O)CC1Cc2ccccc2O1. The smallest absolute Gasteiger partial charge is 0.319 e. The van der Waals surface area contributed by atoms with E-state index in [0.29, 0.717) is 6.42 Å². The van der Waals surface area contributed by atoms with E-state index in [-0.39, 0.29) is 17.8 Å². The third kappa shape index (κ3) is 3.15. The average molecular weight is 282 g/mol. The van der Waals surface area contributed by atoms with Crippen LogP contribution in [0.3, 0.4) is 0 Å². The van der Waals surface area contributed by atoms with Crippen LogP contribution >= 0.6 is 0 Å². The lowest BCUT2D eigenvalue weighted by atomic mass is 10.1. The number of carboxylic acid groups (broad SMARTS) is 1. The minimum Gasteiger partial charge on any atom is -0.489 e. The summed E-state index contributed by atoms with van der Waals surface area (Å²) in [6.07, 6.45) is 0.519. The first kappa shape index (κ1) is 14.1. The molecule has 0 amide bonds. The van der Waals surface area contributed by atoms with E-state index in [2.05, 4.69) is 0 Å². The van der Waals surface area contributed by atoms with E-state index >= 15 is 0 Å². The average Bonchev–Trinajstić information content (AvgIpc) is 2.69. The van der Waals surface area contributed by atoms with Gasteiger partial charge in [0.15, 0.2) is 0 Å². The molecule has 0 saturated carbocycles. The molecule has 1 aromatic carbocycles. The molecule has 0 saturated heterocycles. The molecule has 1 N–H and O–H groups in total. The van der Waals surface area contributed by atoms with E-state index < -0.39 is 22.0 Å². The molecule has 3 unspecified atom stereocenters. The summed E-state index contributed by atoms with van der Waals surface area (Å²) in [7, 11) is -1.42. The third-order valence-electron chi connectivity index (χ3n) is 3.20. The highest BCUT2D eigenvalue weighted by molar-refractivity contribution is 7.86. The number of fused-ring (bicyclic) bond motifs is 1. The number of hydrogen-bond donors (Lipinski definition) is 1. The van der Waals surface area contributed by atoms with Gasteiger partial charge in [-0.2, -0.15) is 0 Å². The molecular formula is C14H18O4S. The number of carbonyl (C=O) groups is 1. The normalized spacial score (nSPS) is 20.7. The Balaban J connectivity index is 2.00. The van der Waals surface area contributed by atoms with Crippen molar-refractivity contribution >= 4 is 16.8 Å². The van der Waals surface area contributed by atoms with Gasteiger partial charge in [-0.15, -0.1) is 0 Å². The number of rotatable bonds is 5. The molecule has 2 rings (SSSR count). The molecule has 1 aromatic rings. The van der Waals surface area contributed by atoms with Gasteiger partial charge in [-0.25, -0.2) is 0 Å². The summed E-state index contributed by atoms with van der Waals surface area (Å²) in [6, 6.07) is 7.70. The van der Waals surface area contributed by atoms with Gasteiger partial charge >= 0.3 is 5.97 Å². The fourth-order valence-electron chi connectivity index (χ4n) is 2.33. The topological polar surface area (TPSA) is 63.6 Å². The van der Waals surface area contributed by atoms with Crippen LogP contribution in [-0.2, 0) is 22.0 Å². The molecule has 1 aliphatic heterocycles. The lowest BCUT2D eigenvalue weighted by Crippen LogP contribution is -2.36. The summed E-state index contributed by atoms with van der Waals surface area (Å²) in [5.74, 6) is -0.0593. The molecule has 5 heteroatoms. The lowest BCUT2D eigenvalue weighted by Gasteiger charge is -2.18. The molecule has 0 radical (unpaired) electrons. The number of benzene rings is 1. The molecule has 0 bridgehead atoms. The molecule has 3 atom stereocenters. The fraction of sp³-hybridized carbons (Fsp3) is 0.500. The standard InChI is InChI=1S/C14H18O4S/c1-9(2)13(14(15)16)19(17)8-11-7-10-5-3-4-6-12(10)18-11/h3-6,9,11,13H,7-8H2,1-2H3,(H,15,16). The van der Waals surface area contributed by atoms with E-state index in [1.807, 2.05) is 24.3 Å². The molecule has 19 heavy (non-hydrogen) atoms. The molecule has 104 valence electrons. The Labute approximate surface area is 115 Å². The minimum atomic E-state index is -1.42. The molecule has 0 aromatic heterocycles. The molecule has 0 aliphatic carbocycles. The van der Waals surface area contributed by atoms with Crippen LogP contribution in [0, 0.1) is 5.92 Å². The van der Waals surface area contributed by atoms with Gasteiger partial charge in [0.1, 0.15) is 17.1 Å². The second kappa shape index (κ2) is 5.74. The van der Waals surface area contributed by atoms with Gasteiger partial charge in [0.2, 0.25) is 0 Å². The first-order valence-corrected chi connectivity index (χ1v) is 7.71. The highest BCUT2D eigenvalue weighted by Gasteiger charge is 2.32. The zero-order valence-electron chi connectivity index (χ0n) is 11.0. The Bertz CT molecular complexity index is 473. The predicted octanol–water partition coefficient (Wildman–Crippen LogP) is 1.85. The molecule has 4 nitrogen and oxygen atoms in total. The lowest BCUT2D eigenvalue weighted by molar-refractivity contribution is -0.137. The molecule has 1 aliphatic rings. The Morgan fingerprint density at radius 1 is 1.47 bits per heavy atom. The molecular weight excluding hydrogens is 264 g/mol. The van der Waals surface area contributed by atoms with E-state index in [1.54, 1.807) is 13.8 Å². The monoisotopic (exact) mass is 282 g/mol. The van der Waals surface area contributed by atoms with Crippen LogP contribution in [0.25, 0.3) is 0 Å². The van der Waals surface area contributed by atoms with Gasteiger partial charge in [-0.3, -0.25) is 9.00 Å². The zero-order valence-corrected chi connectivity index (χ0v) is 11.9. The minimum absolute atomic E-state index is 0.151. The Kier molecular flexibility index (Phi) is 4.24. The van der Waals surface area contributed by atoms with Crippen molar-refractivity contribution < 1.29 is 18.8 Å². The van der Waals surface area contributed by atoms with Gasteiger partial charge in [0, 0.05) is 17.2 Å². The molecule has 0 fully saturated rings. The Hall–Kier alpha value is -1.36. The highest BCUT2D eigenvalue weighted by atomic mass is 32.2. The third-order valence-corrected chi connectivity index (χ3v) is 5.21. The van der Waals surface area contributed by atoms with Crippen LogP contribution in [0.4, 0.5) is 0 Å². The van der Waals surface area contributed by atoms with Gasteiger partial charge in [0.05, 0.1) is 5.75 Å². The maximum absolute atomic E-state index is 12.2. The van der Waals surface area contributed by atoms with Crippen molar-refractivity contribution in [3.63, 3.8) is 0 Å². The van der Waals surface area contributed by atoms with Crippen LogP contribution in [-0.4, -0.2) is 32.4 Å². The van der Waals surface area contributed by atoms with Crippen molar-refractivity contribution in [2.24, 2.45) is 5.92 Å². The molecule has 1 heterocycles. The van der Waals surface area contributed by atoms with Crippen molar-refractivity contribution in [3.05, 3.63) is 29.8 Å². The van der Waals surface area contributed by atoms with Crippen molar-refractivity contribution in [1.82, 2.24) is 0 Å². The maximum atomic E-state index is 12.2.